The van der Waals surface area contributed by atoms with E-state index in [0.717, 1.165) is 38.0 Å². The van der Waals surface area contributed by atoms with Gasteiger partial charge in [-0.05, 0) is 19.3 Å². The number of nitriles is 2. The fourth-order valence-electron chi connectivity index (χ4n) is 2.85. The van der Waals surface area contributed by atoms with Crippen LogP contribution >= 0.6 is 23.1 Å². The van der Waals surface area contributed by atoms with Crippen molar-refractivity contribution in [1.82, 2.24) is 9.97 Å². The average molecular weight is 371 g/mol. The van der Waals surface area contributed by atoms with E-state index in [-0.39, 0.29) is 5.82 Å². The van der Waals surface area contributed by atoms with Crippen molar-refractivity contribution in [3.8, 4) is 12.1 Å². The van der Waals surface area contributed by atoms with Crippen molar-refractivity contribution in [2.24, 2.45) is 0 Å². The Labute approximate surface area is 154 Å². The van der Waals surface area contributed by atoms with Crippen LogP contribution in [0.4, 0.5) is 16.6 Å². The summed E-state index contributed by atoms with van der Waals surface area (Å²) in [5, 5.41) is 22.2. The third-order valence-electron chi connectivity index (χ3n) is 3.99. The number of anilines is 3. The number of rotatable bonds is 4. The average Bonchev–Trinajstić information content (AvgIpc) is 3.05. The normalized spacial score (nSPS) is 14.1. The molecule has 128 valence electrons. The van der Waals surface area contributed by atoms with Gasteiger partial charge in [0.15, 0.2) is 5.13 Å². The van der Waals surface area contributed by atoms with Crippen molar-refractivity contribution in [3.63, 3.8) is 0 Å². The molecular formula is C16H17N7S2. The molecule has 25 heavy (non-hydrogen) atoms. The number of aromatic nitrogens is 2. The van der Waals surface area contributed by atoms with Gasteiger partial charge in [0.25, 0.3) is 0 Å². The number of nitrogen functional groups attached to an aromatic ring is 2. The van der Waals surface area contributed by atoms with Gasteiger partial charge in [0.05, 0.1) is 11.4 Å². The lowest BCUT2D eigenvalue weighted by molar-refractivity contribution is 0.576. The van der Waals surface area contributed by atoms with Crippen LogP contribution in [0, 0.1) is 22.7 Å². The quantitative estimate of drug-likeness (QED) is 0.785. The molecule has 2 aromatic heterocycles. The van der Waals surface area contributed by atoms with Gasteiger partial charge in [-0.25, -0.2) is 9.97 Å². The highest BCUT2D eigenvalue weighted by Gasteiger charge is 2.24. The Kier molecular flexibility index (Phi) is 5.27. The third-order valence-corrected chi connectivity index (χ3v) is 5.72. The van der Waals surface area contributed by atoms with Gasteiger partial charge in [0.1, 0.15) is 34.1 Å². The zero-order valence-corrected chi connectivity index (χ0v) is 15.2. The summed E-state index contributed by atoms with van der Waals surface area (Å²) in [7, 11) is 0. The number of piperidine rings is 1. The Morgan fingerprint density at radius 3 is 2.44 bits per heavy atom. The van der Waals surface area contributed by atoms with Crippen molar-refractivity contribution in [2.45, 2.75) is 30.0 Å². The highest BCUT2D eigenvalue weighted by Crippen LogP contribution is 2.37. The molecule has 0 amide bonds. The summed E-state index contributed by atoms with van der Waals surface area (Å²) in [6, 6.07) is 4.35. The second-order valence-electron chi connectivity index (χ2n) is 5.64. The number of pyridine rings is 1. The number of hydrogen-bond donors (Lipinski definition) is 2. The van der Waals surface area contributed by atoms with E-state index in [1.54, 1.807) is 0 Å². The molecule has 0 saturated carbocycles. The first kappa shape index (κ1) is 17.3. The summed E-state index contributed by atoms with van der Waals surface area (Å²) in [6.45, 7) is 1.64. The van der Waals surface area contributed by atoms with Crippen molar-refractivity contribution in [2.75, 3.05) is 29.5 Å². The van der Waals surface area contributed by atoms with Crippen molar-refractivity contribution < 1.29 is 0 Å². The predicted octanol–water partition coefficient (Wildman–Crippen LogP) is 2.73. The summed E-state index contributed by atoms with van der Waals surface area (Å²) in [5.41, 5.74) is 13.8. The Morgan fingerprint density at radius 1 is 1.12 bits per heavy atom. The van der Waals surface area contributed by atoms with Crippen LogP contribution in [0.25, 0.3) is 0 Å². The molecule has 0 unspecified atom stereocenters. The summed E-state index contributed by atoms with van der Waals surface area (Å²) in [6.07, 6.45) is 3.24. The minimum absolute atomic E-state index is 0.169. The molecule has 0 spiro atoms. The van der Waals surface area contributed by atoms with E-state index in [1.807, 2.05) is 5.38 Å². The first-order valence-corrected chi connectivity index (χ1v) is 9.72. The smallest absolute Gasteiger partial charge is 0.180 e. The third kappa shape index (κ3) is 3.63. The second-order valence-corrected chi connectivity index (χ2v) is 7.49. The first-order valence-electron chi connectivity index (χ1n) is 7.85. The van der Waals surface area contributed by atoms with Crippen LogP contribution in [0.15, 0.2) is 10.4 Å². The molecule has 0 aliphatic carbocycles. The maximum absolute atomic E-state index is 9.73. The van der Waals surface area contributed by atoms with Gasteiger partial charge in [-0.1, -0.05) is 11.8 Å². The van der Waals surface area contributed by atoms with Gasteiger partial charge in [-0.2, -0.15) is 10.5 Å². The van der Waals surface area contributed by atoms with E-state index in [4.69, 9.17) is 11.5 Å². The number of hydrogen-bond acceptors (Lipinski definition) is 9. The van der Waals surface area contributed by atoms with Crippen LogP contribution in [-0.4, -0.2) is 23.1 Å². The molecule has 1 aliphatic heterocycles. The summed E-state index contributed by atoms with van der Waals surface area (Å²) >= 11 is 2.77. The van der Waals surface area contributed by atoms with Gasteiger partial charge < -0.3 is 16.4 Å². The number of thioether (sulfide) groups is 1. The highest BCUT2D eigenvalue weighted by atomic mass is 32.2. The molecule has 1 fully saturated rings. The van der Waals surface area contributed by atoms with Crippen molar-refractivity contribution in [1.29, 1.82) is 10.5 Å². The molecule has 3 heterocycles. The molecule has 1 aliphatic rings. The SMILES string of the molecule is N#Cc1c(N)nc(SCc2csc(N)n2)c(C#N)c1N1CCCCC1. The van der Waals surface area contributed by atoms with E-state index in [1.165, 1.54) is 23.1 Å². The molecule has 9 heteroatoms. The Bertz CT molecular complexity index is 857. The largest absolute Gasteiger partial charge is 0.382 e. The molecule has 3 rings (SSSR count). The molecule has 4 N–H and O–H groups in total. The standard InChI is InChI=1S/C16H17N7S2/c17-6-11-13(23-4-2-1-3-5-23)12(7-18)15(22-14(11)19)24-8-10-9-25-16(20)21-10/h9H,1-5,8H2,(H2,19,22)(H2,20,21). The summed E-state index contributed by atoms with van der Waals surface area (Å²) in [5.74, 6) is 0.711. The van der Waals surface area contributed by atoms with Gasteiger partial charge in [0, 0.05) is 24.2 Å². The second kappa shape index (κ2) is 7.60. The lowest BCUT2D eigenvalue weighted by Crippen LogP contribution is -2.31. The topological polar surface area (TPSA) is 129 Å². The van der Waals surface area contributed by atoms with E-state index in [2.05, 4.69) is 27.0 Å². The molecule has 0 atom stereocenters. The van der Waals surface area contributed by atoms with Crippen molar-refractivity contribution in [3.05, 3.63) is 22.2 Å². The molecule has 0 bridgehead atoms. The van der Waals surface area contributed by atoms with Crippen LogP contribution in [0.3, 0.4) is 0 Å². The zero-order chi connectivity index (χ0) is 17.8. The lowest BCUT2D eigenvalue weighted by atomic mass is 10.1. The predicted molar refractivity (Wildman–Crippen MR) is 100 cm³/mol. The minimum Gasteiger partial charge on any atom is -0.382 e. The van der Waals surface area contributed by atoms with Gasteiger partial charge in [-0.15, -0.1) is 11.3 Å². The van der Waals surface area contributed by atoms with E-state index < -0.39 is 0 Å². The van der Waals surface area contributed by atoms with Gasteiger partial charge >= 0.3 is 0 Å². The lowest BCUT2D eigenvalue weighted by Gasteiger charge is -2.30. The van der Waals surface area contributed by atoms with E-state index in [0.29, 0.717) is 32.7 Å². The van der Waals surface area contributed by atoms with Crippen LogP contribution < -0.4 is 16.4 Å². The minimum atomic E-state index is 0.169. The van der Waals surface area contributed by atoms with Crippen LogP contribution in [0.1, 0.15) is 36.1 Å². The zero-order valence-electron chi connectivity index (χ0n) is 13.5. The monoisotopic (exact) mass is 371 g/mol. The van der Waals surface area contributed by atoms with E-state index >= 15 is 0 Å². The fraction of sp³-hybridized carbons (Fsp3) is 0.375. The summed E-state index contributed by atoms with van der Waals surface area (Å²) in [4.78, 5) is 10.6. The summed E-state index contributed by atoms with van der Waals surface area (Å²) < 4.78 is 0. The Morgan fingerprint density at radius 2 is 1.84 bits per heavy atom. The molecule has 7 nitrogen and oxygen atoms in total. The molecule has 0 radical (unpaired) electrons. The molecule has 2 aromatic rings. The van der Waals surface area contributed by atoms with Crippen LogP contribution in [-0.2, 0) is 5.75 Å². The first-order chi connectivity index (χ1) is 12.1. The Balaban J connectivity index is 1.99. The fourth-order valence-corrected chi connectivity index (χ4v) is 4.40. The molecule has 1 saturated heterocycles. The van der Waals surface area contributed by atoms with Crippen LogP contribution in [0.5, 0.6) is 0 Å². The van der Waals surface area contributed by atoms with Crippen molar-refractivity contribution >= 4 is 39.7 Å². The van der Waals surface area contributed by atoms with E-state index in [9.17, 15) is 10.5 Å². The molecule has 0 aromatic carbocycles. The van der Waals surface area contributed by atoms with Gasteiger partial charge in [0.2, 0.25) is 0 Å². The maximum Gasteiger partial charge on any atom is 0.180 e. The Hall–Kier alpha value is -2.49. The van der Waals surface area contributed by atoms with Crippen LogP contribution in [0.2, 0.25) is 0 Å². The number of nitrogens with two attached hydrogens (primary N) is 2. The molecular weight excluding hydrogens is 354 g/mol. The highest BCUT2D eigenvalue weighted by molar-refractivity contribution is 7.98. The number of thiazole rings is 1. The number of nitrogens with zero attached hydrogens (tertiary/aromatic N) is 5. The van der Waals surface area contributed by atoms with Gasteiger partial charge in [-0.3, -0.25) is 0 Å². The maximum atomic E-state index is 9.73.